The van der Waals surface area contributed by atoms with Gasteiger partial charge in [0.05, 0.1) is 0 Å². The Morgan fingerprint density at radius 1 is 1.05 bits per heavy atom. The molecular weight excluding hydrogens is 272 g/mol. The Labute approximate surface area is 132 Å². The van der Waals surface area contributed by atoms with Gasteiger partial charge in [0.15, 0.2) is 0 Å². The second-order valence-electron chi connectivity index (χ2n) is 6.55. The third-order valence-electron chi connectivity index (χ3n) is 3.73. The lowest BCUT2D eigenvalue weighted by Crippen LogP contribution is -2.33. The van der Waals surface area contributed by atoms with Gasteiger partial charge in [-0.25, -0.2) is 0 Å². The Morgan fingerprint density at radius 2 is 1.64 bits per heavy atom. The van der Waals surface area contributed by atoms with E-state index in [-0.39, 0.29) is 11.3 Å². The summed E-state index contributed by atoms with van der Waals surface area (Å²) < 4.78 is 0. The van der Waals surface area contributed by atoms with Crippen molar-refractivity contribution in [1.82, 2.24) is 5.32 Å². The molecule has 3 heteroatoms. The van der Waals surface area contributed by atoms with Gasteiger partial charge in [0.2, 0.25) is 5.91 Å². The Kier molecular flexibility index (Phi) is 4.99. The summed E-state index contributed by atoms with van der Waals surface area (Å²) >= 11 is 0. The standard InChI is InChI=1S/C19H24N2O/c1-19(2,3)16-11-9-15(10-12-16)17(20)18(22)21-13-14-7-5-4-6-8-14/h4-12,17H,13,20H2,1-3H3,(H,21,22). The minimum absolute atomic E-state index is 0.0954. The molecule has 2 aromatic carbocycles. The molecule has 1 atom stereocenters. The van der Waals surface area contributed by atoms with Crippen molar-refractivity contribution >= 4 is 5.91 Å². The molecule has 1 amide bonds. The van der Waals surface area contributed by atoms with E-state index in [9.17, 15) is 4.79 Å². The van der Waals surface area contributed by atoms with E-state index in [1.54, 1.807) is 0 Å². The molecule has 1 unspecified atom stereocenters. The van der Waals surface area contributed by atoms with E-state index in [4.69, 9.17) is 5.73 Å². The average Bonchev–Trinajstić information content (AvgIpc) is 2.52. The summed E-state index contributed by atoms with van der Waals surface area (Å²) in [7, 11) is 0. The maximum Gasteiger partial charge on any atom is 0.241 e. The number of benzene rings is 2. The van der Waals surface area contributed by atoms with Crippen LogP contribution in [0.4, 0.5) is 0 Å². The second kappa shape index (κ2) is 6.75. The normalized spacial score (nSPS) is 12.7. The fourth-order valence-electron chi connectivity index (χ4n) is 2.24. The smallest absolute Gasteiger partial charge is 0.241 e. The summed E-state index contributed by atoms with van der Waals surface area (Å²) in [5.41, 5.74) is 9.27. The number of rotatable bonds is 4. The topological polar surface area (TPSA) is 55.1 Å². The number of carbonyl (C=O) groups excluding carboxylic acids is 1. The molecule has 0 aliphatic rings. The van der Waals surface area contributed by atoms with Gasteiger partial charge < -0.3 is 11.1 Å². The van der Waals surface area contributed by atoms with Crippen LogP contribution in [0, 0.1) is 0 Å². The Bertz CT molecular complexity index is 612. The van der Waals surface area contributed by atoms with E-state index in [0.29, 0.717) is 6.54 Å². The number of hydrogen-bond acceptors (Lipinski definition) is 2. The number of hydrogen-bond donors (Lipinski definition) is 2. The van der Waals surface area contributed by atoms with Crippen LogP contribution in [0.5, 0.6) is 0 Å². The van der Waals surface area contributed by atoms with Crippen LogP contribution in [0.1, 0.15) is 43.5 Å². The molecular formula is C19H24N2O. The molecule has 0 aliphatic carbocycles. The molecule has 0 spiro atoms. The lowest BCUT2D eigenvalue weighted by molar-refractivity contribution is -0.122. The third-order valence-corrected chi connectivity index (χ3v) is 3.73. The lowest BCUT2D eigenvalue weighted by Gasteiger charge is -2.20. The first-order valence-electron chi connectivity index (χ1n) is 7.55. The van der Waals surface area contributed by atoms with E-state index in [1.807, 2.05) is 54.6 Å². The third kappa shape index (κ3) is 4.18. The number of nitrogens with two attached hydrogens (primary N) is 1. The lowest BCUT2D eigenvalue weighted by atomic mass is 9.86. The Balaban J connectivity index is 1.98. The van der Waals surface area contributed by atoms with E-state index >= 15 is 0 Å². The molecule has 3 nitrogen and oxygen atoms in total. The van der Waals surface area contributed by atoms with Gasteiger partial charge in [-0.05, 0) is 22.1 Å². The van der Waals surface area contributed by atoms with Crippen molar-refractivity contribution in [3.63, 3.8) is 0 Å². The van der Waals surface area contributed by atoms with Gasteiger partial charge in [-0.2, -0.15) is 0 Å². The minimum atomic E-state index is -0.641. The molecule has 2 rings (SSSR count). The first-order valence-corrected chi connectivity index (χ1v) is 7.55. The molecule has 2 aromatic rings. The van der Waals surface area contributed by atoms with Gasteiger partial charge >= 0.3 is 0 Å². The average molecular weight is 296 g/mol. The SMILES string of the molecule is CC(C)(C)c1ccc(C(N)C(=O)NCc2ccccc2)cc1. The highest BCUT2D eigenvalue weighted by Crippen LogP contribution is 2.23. The molecule has 0 aromatic heterocycles. The zero-order chi connectivity index (χ0) is 16.2. The number of amides is 1. The second-order valence-corrected chi connectivity index (χ2v) is 6.55. The zero-order valence-electron chi connectivity index (χ0n) is 13.5. The molecule has 0 fully saturated rings. The van der Waals surface area contributed by atoms with E-state index in [1.165, 1.54) is 5.56 Å². The van der Waals surface area contributed by atoms with Gasteiger partial charge in [0, 0.05) is 6.54 Å². The van der Waals surface area contributed by atoms with E-state index in [0.717, 1.165) is 11.1 Å². The fraction of sp³-hybridized carbons (Fsp3) is 0.316. The summed E-state index contributed by atoms with van der Waals surface area (Å²) in [6, 6.07) is 17.1. The van der Waals surface area contributed by atoms with Crippen molar-refractivity contribution in [2.24, 2.45) is 5.73 Å². The van der Waals surface area contributed by atoms with Crippen molar-refractivity contribution in [2.75, 3.05) is 0 Å². The number of nitrogens with one attached hydrogen (secondary N) is 1. The molecule has 0 aliphatic heterocycles. The molecule has 0 bridgehead atoms. The summed E-state index contributed by atoms with van der Waals surface area (Å²) in [5, 5.41) is 2.88. The quantitative estimate of drug-likeness (QED) is 0.909. The monoisotopic (exact) mass is 296 g/mol. The summed E-state index contributed by atoms with van der Waals surface area (Å²) in [6.07, 6.45) is 0. The van der Waals surface area contributed by atoms with Crippen LogP contribution in [-0.2, 0) is 16.8 Å². The predicted molar refractivity (Wildman–Crippen MR) is 90.4 cm³/mol. The number of carbonyl (C=O) groups is 1. The van der Waals surface area contributed by atoms with Crippen LogP contribution in [0.2, 0.25) is 0 Å². The largest absolute Gasteiger partial charge is 0.350 e. The zero-order valence-corrected chi connectivity index (χ0v) is 13.5. The molecule has 3 N–H and O–H groups in total. The molecule has 0 radical (unpaired) electrons. The molecule has 0 heterocycles. The summed E-state index contributed by atoms with van der Waals surface area (Å²) in [4.78, 5) is 12.2. The Morgan fingerprint density at radius 3 is 2.18 bits per heavy atom. The predicted octanol–water partition coefficient (Wildman–Crippen LogP) is 3.30. The summed E-state index contributed by atoms with van der Waals surface area (Å²) in [6.45, 7) is 6.98. The molecule has 116 valence electrons. The van der Waals surface area contributed by atoms with Gasteiger partial charge in [-0.1, -0.05) is 75.4 Å². The highest BCUT2D eigenvalue weighted by molar-refractivity contribution is 5.82. The molecule has 0 saturated heterocycles. The van der Waals surface area contributed by atoms with Crippen LogP contribution >= 0.6 is 0 Å². The van der Waals surface area contributed by atoms with Crippen molar-refractivity contribution in [1.29, 1.82) is 0 Å². The van der Waals surface area contributed by atoms with Crippen LogP contribution < -0.4 is 11.1 Å². The van der Waals surface area contributed by atoms with Gasteiger partial charge in [-0.15, -0.1) is 0 Å². The summed E-state index contributed by atoms with van der Waals surface area (Å²) in [5.74, 6) is -0.160. The van der Waals surface area contributed by atoms with Crippen LogP contribution in [0.25, 0.3) is 0 Å². The Hall–Kier alpha value is -2.13. The van der Waals surface area contributed by atoms with Gasteiger partial charge in [0.1, 0.15) is 6.04 Å². The maximum atomic E-state index is 12.2. The molecule has 0 saturated carbocycles. The maximum absolute atomic E-state index is 12.2. The first kappa shape index (κ1) is 16.2. The first-order chi connectivity index (χ1) is 10.4. The van der Waals surface area contributed by atoms with Gasteiger partial charge in [-0.3, -0.25) is 4.79 Å². The van der Waals surface area contributed by atoms with Crippen LogP contribution in [0.15, 0.2) is 54.6 Å². The molecule has 22 heavy (non-hydrogen) atoms. The minimum Gasteiger partial charge on any atom is -0.350 e. The van der Waals surface area contributed by atoms with Crippen molar-refractivity contribution in [3.05, 3.63) is 71.3 Å². The van der Waals surface area contributed by atoms with Crippen molar-refractivity contribution in [3.8, 4) is 0 Å². The fourth-order valence-corrected chi connectivity index (χ4v) is 2.24. The highest BCUT2D eigenvalue weighted by atomic mass is 16.2. The van der Waals surface area contributed by atoms with E-state index < -0.39 is 6.04 Å². The van der Waals surface area contributed by atoms with Crippen LogP contribution in [0.3, 0.4) is 0 Å². The highest BCUT2D eigenvalue weighted by Gasteiger charge is 2.17. The van der Waals surface area contributed by atoms with Crippen LogP contribution in [-0.4, -0.2) is 5.91 Å². The van der Waals surface area contributed by atoms with Crippen molar-refractivity contribution in [2.45, 2.75) is 38.8 Å². The van der Waals surface area contributed by atoms with Gasteiger partial charge in [0.25, 0.3) is 0 Å². The van der Waals surface area contributed by atoms with E-state index in [2.05, 4.69) is 26.1 Å². The van der Waals surface area contributed by atoms with Crippen molar-refractivity contribution < 1.29 is 4.79 Å².